The Hall–Kier alpha value is -3.35. The third-order valence-corrected chi connectivity index (χ3v) is 4.16. The Morgan fingerprint density at radius 3 is 2.30 bits per heavy atom. The molecule has 142 valence electrons. The summed E-state index contributed by atoms with van der Waals surface area (Å²) in [6.07, 6.45) is 0. The van der Waals surface area contributed by atoms with E-state index in [9.17, 15) is 14.4 Å². The lowest BCUT2D eigenvalue weighted by Crippen LogP contribution is -2.23. The summed E-state index contributed by atoms with van der Waals surface area (Å²) in [7, 11) is 2.49. The maximum atomic E-state index is 12.4. The molecular formula is C20H22N2O5. The number of ether oxygens (including phenoxy) is 2. The van der Waals surface area contributed by atoms with Crippen molar-refractivity contribution in [1.29, 1.82) is 0 Å². The highest BCUT2D eigenvalue weighted by molar-refractivity contribution is 6.04. The van der Waals surface area contributed by atoms with Crippen LogP contribution in [0.2, 0.25) is 0 Å². The van der Waals surface area contributed by atoms with Crippen LogP contribution in [0.5, 0.6) is 0 Å². The van der Waals surface area contributed by atoms with E-state index < -0.39 is 11.9 Å². The molecule has 0 bridgehead atoms. The van der Waals surface area contributed by atoms with Crippen LogP contribution >= 0.6 is 0 Å². The van der Waals surface area contributed by atoms with E-state index in [2.05, 4.69) is 15.4 Å². The first-order chi connectivity index (χ1) is 12.9. The van der Waals surface area contributed by atoms with E-state index in [1.807, 2.05) is 32.0 Å². The van der Waals surface area contributed by atoms with Crippen molar-refractivity contribution in [3.05, 3.63) is 58.7 Å². The lowest BCUT2D eigenvalue weighted by atomic mass is 10.1. The van der Waals surface area contributed by atoms with E-state index in [0.29, 0.717) is 0 Å². The highest BCUT2D eigenvalue weighted by Gasteiger charge is 2.17. The summed E-state index contributed by atoms with van der Waals surface area (Å²) in [5, 5.41) is 5.70. The molecule has 2 N–H and O–H groups in total. The molecule has 27 heavy (non-hydrogen) atoms. The smallest absolute Gasteiger partial charge is 0.339 e. The number of hydrogen-bond donors (Lipinski definition) is 2. The highest BCUT2D eigenvalue weighted by atomic mass is 16.5. The maximum Gasteiger partial charge on any atom is 0.339 e. The normalized spacial score (nSPS) is 10.1. The van der Waals surface area contributed by atoms with Gasteiger partial charge >= 0.3 is 11.9 Å². The number of nitrogens with one attached hydrogen (secondary N) is 2. The molecule has 0 fully saturated rings. The largest absolute Gasteiger partial charge is 0.465 e. The van der Waals surface area contributed by atoms with Gasteiger partial charge in [0.15, 0.2) is 0 Å². The Bertz CT molecular complexity index is 877. The predicted molar refractivity (Wildman–Crippen MR) is 102 cm³/mol. The highest BCUT2D eigenvalue weighted by Crippen LogP contribution is 2.21. The Kier molecular flexibility index (Phi) is 6.54. The lowest BCUT2D eigenvalue weighted by molar-refractivity contribution is -0.114. The zero-order valence-corrected chi connectivity index (χ0v) is 15.7. The van der Waals surface area contributed by atoms with E-state index in [1.165, 1.54) is 32.4 Å². The van der Waals surface area contributed by atoms with Gasteiger partial charge in [-0.05, 0) is 49.2 Å². The average Bonchev–Trinajstić information content (AvgIpc) is 2.67. The quantitative estimate of drug-likeness (QED) is 0.760. The molecule has 2 aromatic rings. The maximum absolute atomic E-state index is 12.4. The summed E-state index contributed by atoms with van der Waals surface area (Å²) in [6.45, 7) is 3.94. The van der Waals surface area contributed by atoms with Crippen LogP contribution in [-0.4, -0.2) is 38.6 Å². The van der Waals surface area contributed by atoms with Gasteiger partial charge in [-0.1, -0.05) is 12.1 Å². The molecule has 1 amide bonds. The number of esters is 2. The van der Waals surface area contributed by atoms with Crippen LogP contribution in [0.25, 0.3) is 0 Å². The summed E-state index contributed by atoms with van der Waals surface area (Å²) in [4.78, 5) is 36.0. The van der Waals surface area contributed by atoms with Gasteiger partial charge in [-0.2, -0.15) is 0 Å². The summed E-state index contributed by atoms with van der Waals surface area (Å²) in [5.41, 5.74) is 3.54. The Morgan fingerprint density at radius 1 is 0.926 bits per heavy atom. The number of hydrogen-bond acceptors (Lipinski definition) is 6. The monoisotopic (exact) mass is 370 g/mol. The van der Waals surface area contributed by atoms with Crippen molar-refractivity contribution in [1.82, 2.24) is 0 Å². The molecule has 0 aliphatic rings. The van der Waals surface area contributed by atoms with Crippen molar-refractivity contribution in [2.24, 2.45) is 0 Å². The predicted octanol–water partition coefficient (Wildman–Crippen LogP) is 2.93. The van der Waals surface area contributed by atoms with Gasteiger partial charge in [0.25, 0.3) is 0 Å². The van der Waals surface area contributed by atoms with E-state index in [0.717, 1.165) is 16.8 Å². The van der Waals surface area contributed by atoms with Crippen molar-refractivity contribution in [3.8, 4) is 0 Å². The van der Waals surface area contributed by atoms with Crippen molar-refractivity contribution < 1.29 is 23.9 Å². The van der Waals surface area contributed by atoms with Crippen molar-refractivity contribution in [2.75, 3.05) is 31.4 Å². The molecule has 7 nitrogen and oxygen atoms in total. The van der Waals surface area contributed by atoms with Gasteiger partial charge in [-0.3, -0.25) is 4.79 Å². The van der Waals surface area contributed by atoms with Crippen LogP contribution < -0.4 is 10.6 Å². The van der Waals surface area contributed by atoms with Crippen LogP contribution in [0.1, 0.15) is 31.8 Å². The van der Waals surface area contributed by atoms with Gasteiger partial charge in [0.1, 0.15) is 0 Å². The summed E-state index contributed by atoms with van der Waals surface area (Å²) >= 11 is 0. The van der Waals surface area contributed by atoms with Crippen molar-refractivity contribution in [3.63, 3.8) is 0 Å². The Labute approximate surface area is 157 Å². The minimum Gasteiger partial charge on any atom is -0.465 e. The van der Waals surface area contributed by atoms with Crippen molar-refractivity contribution in [2.45, 2.75) is 13.8 Å². The summed E-state index contributed by atoms with van der Waals surface area (Å²) < 4.78 is 9.39. The minimum atomic E-state index is -0.621. The van der Waals surface area contributed by atoms with Gasteiger partial charge < -0.3 is 20.1 Å². The molecule has 0 aliphatic heterocycles. The van der Waals surface area contributed by atoms with Gasteiger partial charge in [0.2, 0.25) is 5.91 Å². The molecule has 0 aliphatic carbocycles. The number of benzene rings is 2. The molecule has 0 unspecified atom stereocenters. The second-order valence-electron chi connectivity index (χ2n) is 5.89. The average molecular weight is 370 g/mol. The zero-order chi connectivity index (χ0) is 20.0. The fourth-order valence-electron chi connectivity index (χ4n) is 2.49. The summed E-state index contributed by atoms with van der Waals surface area (Å²) in [6, 6.07) is 9.99. The molecule has 2 rings (SSSR count). The molecule has 7 heteroatoms. The molecule has 0 atom stereocenters. The van der Waals surface area contributed by atoms with Crippen LogP contribution in [-0.2, 0) is 14.3 Å². The van der Waals surface area contributed by atoms with Gasteiger partial charge in [0, 0.05) is 5.69 Å². The van der Waals surface area contributed by atoms with Crippen molar-refractivity contribution >= 4 is 29.2 Å². The van der Waals surface area contributed by atoms with E-state index in [-0.39, 0.29) is 29.3 Å². The zero-order valence-electron chi connectivity index (χ0n) is 15.7. The molecular weight excluding hydrogens is 348 g/mol. The van der Waals surface area contributed by atoms with Gasteiger partial charge in [-0.15, -0.1) is 0 Å². The van der Waals surface area contributed by atoms with Crippen LogP contribution in [0.3, 0.4) is 0 Å². The molecule has 0 spiro atoms. The van der Waals surface area contributed by atoms with Gasteiger partial charge in [-0.25, -0.2) is 9.59 Å². The van der Waals surface area contributed by atoms with Crippen LogP contribution in [0, 0.1) is 13.8 Å². The Balaban J connectivity index is 2.18. The molecule has 2 aromatic carbocycles. The lowest BCUT2D eigenvalue weighted by Gasteiger charge is -2.13. The summed E-state index contributed by atoms with van der Waals surface area (Å²) in [5.74, 6) is -1.57. The SMILES string of the molecule is COC(=O)c1ccc(C(=O)OC)c(NC(=O)CNc2cccc(C)c2C)c1. The number of carbonyl (C=O) groups excluding carboxylic acids is 3. The third kappa shape index (κ3) is 4.84. The first kappa shape index (κ1) is 20.0. The van der Waals surface area contributed by atoms with E-state index in [1.54, 1.807) is 0 Å². The molecule has 0 saturated carbocycles. The number of methoxy groups -OCH3 is 2. The molecule has 0 radical (unpaired) electrons. The standard InChI is InChI=1S/C20H22N2O5/c1-12-6-5-7-16(13(12)2)21-11-18(23)22-17-10-14(19(24)26-3)8-9-15(17)20(25)27-4/h5-10,21H,11H2,1-4H3,(H,22,23). The second-order valence-corrected chi connectivity index (χ2v) is 5.89. The first-order valence-corrected chi connectivity index (χ1v) is 8.28. The topological polar surface area (TPSA) is 93.7 Å². The third-order valence-electron chi connectivity index (χ3n) is 4.16. The number of rotatable bonds is 6. The number of amides is 1. The van der Waals surface area contributed by atoms with Gasteiger partial charge in [0.05, 0.1) is 37.6 Å². The number of aryl methyl sites for hydroxylation is 1. The number of anilines is 2. The fraction of sp³-hybridized carbons (Fsp3) is 0.250. The molecule has 0 saturated heterocycles. The van der Waals surface area contributed by atoms with E-state index >= 15 is 0 Å². The first-order valence-electron chi connectivity index (χ1n) is 8.28. The molecule has 0 aromatic heterocycles. The van der Waals surface area contributed by atoms with E-state index in [4.69, 9.17) is 4.74 Å². The second kappa shape index (κ2) is 8.84. The molecule has 0 heterocycles. The minimum absolute atomic E-state index is 0.00659. The van der Waals surface area contributed by atoms with Crippen LogP contribution in [0.15, 0.2) is 36.4 Å². The fourth-order valence-corrected chi connectivity index (χ4v) is 2.49. The number of carbonyl (C=O) groups is 3. The Morgan fingerprint density at radius 2 is 1.63 bits per heavy atom. The van der Waals surface area contributed by atoms with Crippen LogP contribution in [0.4, 0.5) is 11.4 Å².